The summed E-state index contributed by atoms with van der Waals surface area (Å²) < 4.78 is 6.96. The minimum absolute atomic E-state index is 0.151. The normalized spacial score (nSPS) is 18.8. The Hall–Kier alpha value is -2.86. The first-order valence-electron chi connectivity index (χ1n) is 8.54. The highest BCUT2D eigenvalue weighted by Gasteiger charge is 2.43. The third-order valence-electron chi connectivity index (χ3n) is 5.07. The van der Waals surface area contributed by atoms with Crippen LogP contribution >= 0.6 is 0 Å². The highest BCUT2D eigenvalue weighted by atomic mass is 16.5. The lowest BCUT2D eigenvalue weighted by Crippen LogP contribution is -2.31. The van der Waals surface area contributed by atoms with Crippen molar-refractivity contribution in [3.05, 3.63) is 64.2 Å². The lowest BCUT2D eigenvalue weighted by atomic mass is 9.90. The van der Waals surface area contributed by atoms with E-state index in [2.05, 4.69) is 4.98 Å². The van der Waals surface area contributed by atoms with Crippen LogP contribution in [0.15, 0.2) is 47.3 Å². The summed E-state index contributed by atoms with van der Waals surface area (Å²) in [6, 6.07) is 13.0. The van der Waals surface area contributed by atoms with Crippen molar-refractivity contribution in [3.8, 4) is 5.75 Å². The molecule has 1 aromatic heterocycles. The molecule has 3 aromatic rings. The van der Waals surface area contributed by atoms with Crippen LogP contribution in [-0.4, -0.2) is 35.9 Å². The van der Waals surface area contributed by atoms with Gasteiger partial charge in [-0.15, -0.1) is 0 Å². The fourth-order valence-electron chi connectivity index (χ4n) is 3.76. The Bertz CT molecular complexity index is 1060. The summed E-state index contributed by atoms with van der Waals surface area (Å²) in [7, 11) is 5.41. The number of para-hydroxylation sites is 2. The predicted molar refractivity (Wildman–Crippen MR) is 101 cm³/mol. The zero-order chi connectivity index (χ0) is 18.5. The van der Waals surface area contributed by atoms with Gasteiger partial charge in [0.15, 0.2) is 5.60 Å². The van der Waals surface area contributed by atoms with Gasteiger partial charge in [0.25, 0.3) is 5.56 Å². The Kier molecular flexibility index (Phi) is 3.73. The molecule has 1 aliphatic heterocycles. The van der Waals surface area contributed by atoms with E-state index in [1.165, 1.54) is 0 Å². The average Bonchev–Trinajstić information content (AvgIpc) is 3.00. The van der Waals surface area contributed by atoms with E-state index in [0.717, 1.165) is 11.3 Å². The van der Waals surface area contributed by atoms with Crippen molar-refractivity contribution in [1.82, 2.24) is 9.55 Å². The Labute approximate surface area is 151 Å². The number of nitrogens with zero attached hydrogens (tertiary/aromatic N) is 3. The van der Waals surface area contributed by atoms with E-state index in [-0.39, 0.29) is 5.56 Å². The zero-order valence-corrected chi connectivity index (χ0v) is 15.1. The van der Waals surface area contributed by atoms with Crippen LogP contribution in [0.25, 0.3) is 10.9 Å². The molecule has 0 saturated heterocycles. The average molecular weight is 351 g/mol. The fourth-order valence-corrected chi connectivity index (χ4v) is 3.76. The second kappa shape index (κ2) is 5.85. The highest BCUT2D eigenvalue weighted by Crippen LogP contribution is 2.41. The second-order valence-corrected chi connectivity index (χ2v) is 6.77. The standard InChI is InChI=1S/C20H21N3O3/c1-22(2)15-9-5-4-8-14(15)20(25)11-12-23-18(24)13-7-6-10-16(26-3)17(13)21-19(20)23/h4-10,25H,11-12H2,1-3H3. The molecule has 26 heavy (non-hydrogen) atoms. The van der Waals surface area contributed by atoms with Gasteiger partial charge >= 0.3 is 0 Å². The SMILES string of the molecule is COc1cccc2c(=O)n3c(nc12)C(O)(c1ccccc1N(C)C)CC3. The van der Waals surface area contributed by atoms with Gasteiger partial charge in [-0.2, -0.15) is 0 Å². The van der Waals surface area contributed by atoms with Crippen LogP contribution in [-0.2, 0) is 12.1 Å². The van der Waals surface area contributed by atoms with Crippen molar-refractivity contribution in [2.45, 2.75) is 18.6 Å². The number of aromatic nitrogens is 2. The molecule has 6 nitrogen and oxygen atoms in total. The summed E-state index contributed by atoms with van der Waals surface area (Å²) in [5.41, 5.74) is 0.654. The minimum atomic E-state index is -1.32. The Morgan fingerprint density at radius 2 is 1.96 bits per heavy atom. The molecule has 6 heteroatoms. The van der Waals surface area contributed by atoms with Crippen LogP contribution in [0.3, 0.4) is 0 Å². The quantitative estimate of drug-likeness (QED) is 0.783. The van der Waals surface area contributed by atoms with Crippen molar-refractivity contribution >= 4 is 16.6 Å². The van der Waals surface area contributed by atoms with Crippen molar-refractivity contribution < 1.29 is 9.84 Å². The molecule has 0 saturated carbocycles. The van der Waals surface area contributed by atoms with Gasteiger partial charge in [0, 0.05) is 38.3 Å². The van der Waals surface area contributed by atoms with Gasteiger partial charge in [0.1, 0.15) is 17.1 Å². The van der Waals surface area contributed by atoms with Crippen molar-refractivity contribution in [3.63, 3.8) is 0 Å². The molecule has 0 fully saturated rings. The maximum atomic E-state index is 13.0. The van der Waals surface area contributed by atoms with Gasteiger partial charge in [-0.25, -0.2) is 4.98 Å². The predicted octanol–water partition coefficient (Wildman–Crippen LogP) is 2.11. The maximum absolute atomic E-state index is 13.0. The van der Waals surface area contributed by atoms with Crippen LogP contribution < -0.4 is 15.2 Å². The first-order valence-corrected chi connectivity index (χ1v) is 8.54. The van der Waals surface area contributed by atoms with E-state index in [9.17, 15) is 9.90 Å². The van der Waals surface area contributed by atoms with Gasteiger partial charge in [-0.1, -0.05) is 24.3 Å². The fraction of sp³-hybridized carbons (Fsp3) is 0.300. The van der Waals surface area contributed by atoms with E-state index in [1.54, 1.807) is 29.9 Å². The third-order valence-corrected chi connectivity index (χ3v) is 5.07. The molecule has 1 aliphatic rings. The molecule has 4 rings (SSSR count). The number of fused-ring (bicyclic) bond motifs is 2. The molecule has 0 amide bonds. The molecule has 0 bridgehead atoms. The number of anilines is 1. The lowest BCUT2D eigenvalue weighted by molar-refractivity contribution is 0.0790. The Morgan fingerprint density at radius 3 is 2.69 bits per heavy atom. The van der Waals surface area contributed by atoms with Crippen LogP contribution in [0.5, 0.6) is 5.75 Å². The Morgan fingerprint density at radius 1 is 1.19 bits per heavy atom. The second-order valence-electron chi connectivity index (χ2n) is 6.77. The smallest absolute Gasteiger partial charge is 0.261 e. The molecule has 134 valence electrons. The van der Waals surface area contributed by atoms with Crippen LogP contribution in [0.1, 0.15) is 17.8 Å². The first-order chi connectivity index (χ1) is 12.5. The summed E-state index contributed by atoms with van der Waals surface area (Å²) in [4.78, 5) is 19.6. The summed E-state index contributed by atoms with van der Waals surface area (Å²) in [5, 5.41) is 12.1. The minimum Gasteiger partial charge on any atom is -0.494 e. The van der Waals surface area contributed by atoms with E-state index >= 15 is 0 Å². The summed E-state index contributed by atoms with van der Waals surface area (Å²) in [5.74, 6) is 0.895. The number of benzene rings is 2. The molecule has 0 radical (unpaired) electrons. The van der Waals surface area contributed by atoms with E-state index in [4.69, 9.17) is 4.74 Å². The number of methoxy groups -OCH3 is 1. The Balaban J connectivity index is 2.03. The van der Waals surface area contributed by atoms with Gasteiger partial charge in [0.05, 0.1) is 12.5 Å². The zero-order valence-electron chi connectivity index (χ0n) is 15.1. The molecule has 0 spiro atoms. The highest BCUT2D eigenvalue weighted by molar-refractivity contribution is 5.84. The van der Waals surface area contributed by atoms with Crippen LogP contribution in [0.4, 0.5) is 5.69 Å². The van der Waals surface area contributed by atoms with Crippen molar-refractivity contribution in [1.29, 1.82) is 0 Å². The van der Waals surface area contributed by atoms with E-state index < -0.39 is 5.60 Å². The molecule has 2 aromatic carbocycles. The first kappa shape index (κ1) is 16.6. The lowest BCUT2D eigenvalue weighted by Gasteiger charge is -2.28. The molecule has 1 atom stereocenters. The maximum Gasteiger partial charge on any atom is 0.261 e. The summed E-state index contributed by atoms with van der Waals surface area (Å²) in [6.07, 6.45) is 0.402. The number of aliphatic hydroxyl groups is 1. The number of ether oxygens (including phenoxy) is 1. The molecule has 1 N–H and O–H groups in total. The molecular weight excluding hydrogens is 330 g/mol. The third kappa shape index (κ3) is 2.22. The van der Waals surface area contributed by atoms with Gasteiger partial charge in [-0.05, 0) is 18.2 Å². The van der Waals surface area contributed by atoms with Gasteiger partial charge in [0.2, 0.25) is 0 Å². The van der Waals surface area contributed by atoms with Gasteiger partial charge < -0.3 is 14.7 Å². The molecular formula is C20H21N3O3. The number of rotatable bonds is 3. The van der Waals surface area contributed by atoms with Crippen molar-refractivity contribution in [2.24, 2.45) is 0 Å². The molecule has 2 heterocycles. The monoisotopic (exact) mass is 351 g/mol. The largest absolute Gasteiger partial charge is 0.494 e. The van der Waals surface area contributed by atoms with Crippen LogP contribution in [0, 0.1) is 0 Å². The summed E-state index contributed by atoms with van der Waals surface area (Å²) >= 11 is 0. The topological polar surface area (TPSA) is 67.6 Å². The number of hydrogen-bond donors (Lipinski definition) is 1. The molecule has 0 aliphatic carbocycles. The molecule has 1 unspecified atom stereocenters. The van der Waals surface area contributed by atoms with E-state index in [0.29, 0.717) is 35.4 Å². The van der Waals surface area contributed by atoms with Crippen LogP contribution in [0.2, 0.25) is 0 Å². The number of hydrogen-bond acceptors (Lipinski definition) is 5. The van der Waals surface area contributed by atoms with Gasteiger partial charge in [-0.3, -0.25) is 9.36 Å². The van der Waals surface area contributed by atoms with Crippen molar-refractivity contribution in [2.75, 3.05) is 26.1 Å². The van der Waals surface area contributed by atoms with E-state index in [1.807, 2.05) is 43.3 Å². The summed E-state index contributed by atoms with van der Waals surface area (Å²) in [6.45, 7) is 0.423.